The molecule has 0 N–H and O–H groups in total. The van der Waals surface area contributed by atoms with E-state index in [0.717, 1.165) is 10.4 Å². The second-order valence-corrected chi connectivity index (χ2v) is 7.82. The van der Waals surface area contributed by atoms with Crippen molar-refractivity contribution in [3.63, 3.8) is 0 Å². The number of nitrogens with zero attached hydrogens (tertiary/aromatic N) is 1. The van der Waals surface area contributed by atoms with Crippen LogP contribution in [0.1, 0.15) is 5.56 Å². The highest BCUT2D eigenvalue weighted by Crippen LogP contribution is 2.29. The van der Waals surface area contributed by atoms with Gasteiger partial charge >= 0.3 is 0 Å². The molecule has 0 bridgehead atoms. The standard InChI is InChI=1S/C19H14ClF2NO2S/c20-15-4-3-5-17(12-15)23(13-14-8-10-16(21)11-9-14)26(24,25)19-7-2-1-6-18(19)22/h1-12H,13H2. The number of sulfonamides is 1. The van der Waals surface area contributed by atoms with Gasteiger partial charge < -0.3 is 0 Å². The third-order valence-electron chi connectivity index (χ3n) is 3.74. The summed E-state index contributed by atoms with van der Waals surface area (Å²) >= 11 is 5.99. The number of anilines is 1. The Labute approximate surface area is 155 Å². The highest BCUT2D eigenvalue weighted by Gasteiger charge is 2.28. The van der Waals surface area contributed by atoms with Gasteiger partial charge in [-0.05, 0) is 48.0 Å². The van der Waals surface area contributed by atoms with Crippen molar-refractivity contribution in [2.75, 3.05) is 4.31 Å². The molecule has 0 amide bonds. The molecule has 0 spiro atoms. The van der Waals surface area contributed by atoms with Crippen LogP contribution in [0.4, 0.5) is 14.5 Å². The minimum atomic E-state index is -4.20. The predicted molar refractivity (Wildman–Crippen MR) is 97.6 cm³/mol. The molecule has 0 aliphatic rings. The number of hydrogen-bond donors (Lipinski definition) is 0. The number of hydrogen-bond acceptors (Lipinski definition) is 2. The Hall–Kier alpha value is -2.44. The second-order valence-electron chi connectivity index (χ2n) is 5.55. The van der Waals surface area contributed by atoms with Crippen LogP contribution in [0.25, 0.3) is 0 Å². The zero-order valence-electron chi connectivity index (χ0n) is 13.4. The third-order valence-corrected chi connectivity index (χ3v) is 5.78. The van der Waals surface area contributed by atoms with Crippen molar-refractivity contribution in [2.45, 2.75) is 11.4 Å². The molecule has 0 heterocycles. The molecule has 0 atom stereocenters. The molecule has 3 nitrogen and oxygen atoms in total. The topological polar surface area (TPSA) is 37.4 Å². The highest BCUT2D eigenvalue weighted by atomic mass is 35.5. The maximum atomic E-state index is 14.2. The lowest BCUT2D eigenvalue weighted by atomic mass is 10.2. The Bertz CT molecular complexity index is 1020. The van der Waals surface area contributed by atoms with E-state index in [4.69, 9.17) is 11.6 Å². The fourth-order valence-corrected chi connectivity index (χ4v) is 4.17. The van der Waals surface area contributed by atoms with Gasteiger partial charge in [0.25, 0.3) is 10.0 Å². The lowest BCUT2D eigenvalue weighted by molar-refractivity contribution is 0.563. The second kappa shape index (κ2) is 7.43. The lowest BCUT2D eigenvalue weighted by Gasteiger charge is -2.25. The first-order chi connectivity index (χ1) is 12.4. The molecule has 0 saturated carbocycles. The van der Waals surface area contributed by atoms with E-state index < -0.39 is 26.6 Å². The first-order valence-electron chi connectivity index (χ1n) is 7.65. The SMILES string of the molecule is O=S(=O)(c1ccccc1F)N(Cc1ccc(F)cc1)c1cccc(Cl)c1. The van der Waals surface area contributed by atoms with E-state index in [1.54, 1.807) is 18.2 Å². The van der Waals surface area contributed by atoms with Crippen LogP contribution < -0.4 is 4.31 Å². The Morgan fingerprint density at radius 3 is 2.23 bits per heavy atom. The molecule has 3 aromatic rings. The Morgan fingerprint density at radius 2 is 1.58 bits per heavy atom. The summed E-state index contributed by atoms with van der Waals surface area (Å²) in [6.45, 7) is -0.0999. The first kappa shape index (κ1) is 18.4. The molecular weight excluding hydrogens is 380 g/mol. The minimum absolute atomic E-state index is 0.0999. The molecule has 134 valence electrons. The van der Waals surface area contributed by atoms with Crippen LogP contribution in [0.5, 0.6) is 0 Å². The average Bonchev–Trinajstić information content (AvgIpc) is 2.61. The van der Waals surface area contributed by atoms with E-state index >= 15 is 0 Å². The third kappa shape index (κ3) is 3.86. The summed E-state index contributed by atoms with van der Waals surface area (Å²) in [5.74, 6) is -1.28. The van der Waals surface area contributed by atoms with E-state index in [9.17, 15) is 17.2 Å². The van der Waals surface area contributed by atoms with Crippen LogP contribution >= 0.6 is 11.6 Å². The zero-order chi connectivity index (χ0) is 18.7. The molecule has 0 aromatic heterocycles. The quantitative estimate of drug-likeness (QED) is 0.610. The van der Waals surface area contributed by atoms with Crippen LogP contribution in [0.15, 0.2) is 77.7 Å². The molecule has 3 rings (SSSR count). The molecule has 26 heavy (non-hydrogen) atoms. The maximum Gasteiger partial charge on any atom is 0.267 e. The highest BCUT2D eigenvalue weighted by molar-refractivity contribution is 7.92. The fourth-order valence-electron chi connectivity index (χ4n) is 2.47. The normalized spacial score (nSPS) is 11.3. The van der Waals surface area contributed by atoms with E-state index in [2.05, 4.69) is 0 Å². The molecule has 0 aliphatic carbocycles. The summed E-state index contributed by atoms with van der Waals surface area (Å²) in [4.78, 5) is -0.443. The van der Waals surface area contributed by atoms with Gasteiger partial charge in [0.1, 0.15) is 16.5 Å². The van der Waals surface area contributed by atoms with Crippen molar-refractivity contribution >= 4 is 27.3 Å². The van der Waals surface area contributed by atoms with Crippen LogP contribution in [-0.4, -0.2) is 8.42 Å². The Morgan fingerprint density at radius 1 is 0.885 bits per heavy atom. The molecule has 7 heteroatoms. The van der Waals surface area contributed by atoms with Crippen LogP contribution in [0.2, 0.25) is 5.02 Å². The number of benzene rings is 3. The van der Waals surface area contributed by atoms with Gasteiger partial charge in [-0.15, -0.1) is 0 Å². The van der Waals surface area contributed by atoms with E-state index in [0.29, 0.717) is 10.6 Å². The van der Waals surface area contributed by atoms with Crippen LogP contribution in [0.3, 0.4) is 0 Å². The maximum absolute atomic E-state index is 14.2. The van der Waals surface area contributed by atoms with Crippen molar-refractivity contribution in [1.29, 1.82) is 0 Å². The van der Waals surface area contributed by atoms with Gasteiger partial charge in [0.2, 0.25) is 0 Å². The van der Waals surface area contributed by atoms with Gasteiger partial charge in [-0.3, -0.25) is 4.31 Å². The van der Waals surface area contributed by atoms with Gasteiger partial charge in [-0.2, -0.15) is 0 Å². The van der Waals surface area contributed by atoms with Crippen molar-refractivity contribution in [3.8, 4) is 0 Å². The summed E-state index contributed by atoms with van der Waals surface area (Å²) in [6.07, 6.45) is 0. The lowest BCUT2D eigenvalue weighted by Crippen LogP contribution is -2.31. The predicted octanol–water partition coefficient (Wildman–Crippen LogP) is 5.01. The first-order valence-corrected chi connectivity index (χ1v) is 9.47. The van der Waals surface area contributed by atoms with Gasteiger partial charge in [-0.25, -0.2) is 17.2 Å². The van der Waals surface area contributed by atoms with E-state index in [1.165, 1.54) is 48.5 Å². The van der Waals surface area contributed by atoms with Gasteiger partial charge in [0.05, 0.1) is 12.2 Å². The largest absolute Gasteiger partial charge is 0.267 e. The summed E-state index contributed by atoms with van der Waals surface area (Å²) < 4.78 is 54.6. The van der Waals surface area contributed by atoms with Crippen molar-refractivity contribution in [1.82, 2.24) is 0 Å². The number of halogens is 3. The fraction of sp³-hybridized carbons (Fsp3) is 0.0526. The average molecular weight is 394 g/mol. The molecule has 0 fully saturated rings. The molecule has 3 aromatic carbocycles. The van der Waals surface area contributed by atoms with Crippen molar-refractivity contribution in [3.05, 3.63) is 95.0 Å². The molecular formula is C19H14ClF2NO2S. The summed E-state index contributed by atoms with van der Waals surface area (Å²) in [5.41, 5.74) is 0.830. The van der Waals surface area contributed by atoms with Crippen molar-refractivity contribution < 1.29 is 17.2 Å². The summed E-state index contributed by atoms with van der Waals surface area (Å²) in [5, 5.41) is 0.343. The smallest absolute Gasteiger partial charge is 0.262 e. The molecule has 0 unspecified atom stereocenters. The van der Waals surface area contributed by atoms with Crippen LogP contribution in [0, 0.1) is 11.6 Å². The summed E-state index contributed by atoms with van der Waals surface area (Å²) in [7, 11) is -4.20. The molecule has 0 saturated heterocycles. The Kier molecular flexibility index (Phi) is 5.25. The minimum Gasteiger partial charge on any atom is -0.262 e. The summed E-state index contributed by atoms with van der Waals surface area (Å²) in [6, 6.07) is 16.8. The molecule has 0 aliphatic heterocycles. The Balaban J connectivity index is 2.11. The number of rotatable bonds is 5. The van der Waals surface area contributed by atoms with Crippen molar-refractivity contribution in [2.24, 2.45) is 0 Å². The van der Waals surface area contributed by atoms with Gasteiger partial charge in [0.15, 0.2) is 0 Å². The van der Waals surface area contributed by atoms with Gasteiger partial charge in [0, 0.05) is 5.02 Å². The monoisotopic (exact) mass is 393 g/mol. The van der Waals surface area contributed by atoms with Gasteiger partial charge in [-0.1, -0.05) is 41.9 Å². The zero-order valence-corrected chi connectivity index (χ0v) is 15.0. The van der Waals surface area contributed by atoms with E-state index in [1.807, 2.05) is 0 Å². The molecule has 0 radical (unpaired) electrons. The van der Waals surface area contributed by atoms with E-state index in [-0.39, 0.29) is 12.2 Å². The van der Waals surface area contributed by atoms with Crippen LogP contribution in [-0.2, 0) is 16.6 Å².